The highest BCUT2D eigenvalue weighted by atomic mass is 16.4. The monoisotopic (exact) mass is 280 g/mol. The number of rotatable bonds is 5. The fraction of sp³-hybridized carbons (Fsp3) is 0.692. The van der Waals surface area contributed by atoms with Crippen molar-refractivity contribution in [2.24, 2.45) is 11.8 Å². The summed E-state index contributed by atoms with van der Waals surface area (Å²) in [5.41, 5.74) is -0.154. The summed E-state index contributed by atoms with van der Waals surface area (Å²) in [5, 5.41) is 18.7. The van der Waals surface area contributed by atoms with E-state index in [9.17, 15) is 9.59 Å². The van der Waals surface area contributed by atoms with E-state index in [1.54, 1.807) is 0 Å². The Kier molecular flexibility index (Phi) is 4.70. The van der Waals surface area contributed by atoms with E-state index in [0.29, 0.717) is 12.5 Å². The zero-order chi connectivity index (χ0) is 14.5. The number of carbonyl (C=O) groups excluding carboxylic acids is 1. The Bertz CT molecular complexity index is 478. The molecule has 2 N–H and O–H groups in total. The number of aromatic nitrogens is 3. The van der Waals surface area contributed by atoms with Crippen molar-refractivity contribution >= 4 is 11.9 Å². The molecule has 1 aliphatic rings. The van der Waals surface area contributed by atoms with Crippen LogP contribution in [0.25, 0.3) is 0 Å². The van der Waals surface area contributed by atoms with Crippen LogP contribution in [0.3, 0.4) is 0 Å². The Balaban J connectivity index is 1.73. The van der Waals surface area contributed by atoms with Gasteiger partial charge in [0.25, 0.3) is 0 Å². The van der Waals surface area contributed by atoms with E-state index in [2.05, 4.69) is 22.6 Å². The molecule has 1 aromatic rings. The molecule has 1 aromatic heterocycles. The topological polar surface area (TPSA) is 97.1 Å². The zero-order valence-corrected chi connectivity index (χ0v) is 11.6. The predicted octanol–water partition coefficient (Wildman–Crippen LogP) is 0.919. The molecular formula is C13H20N4O3. The van der Waals surface area contributed by atoms with E-state index in [0.717, 1.165) is 18.8 Å². The van der Waals surface area contributed by atoms with Crippen LogP contribution in [0.1, 0.15) is 43.1 Å². The third kappa shape index (κ3) is 4.04. The van der Waals surface area contributed by atoms with E-state index < -0.39 is 5.97 Å². The van der Waals surface area contributed by atoms with Gasteiger partial charge in [-0.25, -0.2) is 9.48 Å². The summed E-state index contributed by atoms with van der Waals surface area (Å²) in [4.78, 5) is 22.4. The lowest BCUT2D eigenvalue weighted by atomic mass is 9.83. The molecule has 1 saturated carbocycles. The molecule has 0 unspecified atom stereocenters. The van der Waals surface area contributed by atoms with Crippen LogP contribution >= 0.6 is 0 Å². The van der Waals surface area contributed by atoms with Gasteiger partial charge in [-0.15, -0.1) is 5.10 Å². The molecule has 1 heterocycles. The van der Waals surface area contributed by atoms with E-state index in [1.165, 1.54) is 23.7 Å². The van der Waals surface area contributed by atoms with E-state index >= 15 is 0 Å². The van der Waals surface area contributed by atoms with Gasteiger partial charge in [0.05, 0.1) is 6.20 Å². The molecule has 0 spiro atoms. The number of amides is 1. The number of nitrogens with zero attached hydrogens (tertiary/aromatic N) is 3. The number of nitrogens with one attached hydrogen (secondary N) is 1. The number of hydrogen-bond donors (Lipinski definition) is 2. The van der Waals surface area contributed by atoms with Crippen LogP contribution in [0, 0.1) is 11.8 Å². The van der Waals surface area contributed by atoms with Crippen molar-refractivity contribution in [3.05, 3.63) is 11.9 Å². The fourth-order valence-electron chi connectivity index (χ4n) is 2.47. The van der Waals surface area contributed by atoms with Crippen LogP contribution in [-0.4, -0.2) is 38.5 Å². The number of carboxylic acids is 1. The Labute approximate surface area is 117 Å². The number of carboxylic acid groups (broad SMARTS) is 1. The second-order valence-corrected chi connectivity index (χ2v) is 5.54. The summed E-state index contributed by atoms with van der Waals surface area (Å²) in [6, 6.07) is 0. The lowest BCUT2D eigenvalue weighted by molar-refractivity contribution is -0.122. The highest BCUT2D eigenvalue weighted by Gasteiger charge is 2.18. The first-order valence-electron chi connectivity index (χ1n) is 6.94. The average Bonchev–Trinajstić information content (AvgIpc) is 2.87. The molecule has 1 aliphatic carbocycles. The minimum Gasteiger partial charge on any atom is -0.476 e. The maximum absolute atomic E-state index is 11.8. The van der Waals surface area contributed by atoms with Gasteiger partial charge in [-0.2, -0.15) is 0 Å². The number of carbonyl (C=O) groups is 2. The molecule has 0 bridgehead atoms. The first-order chi connectivity index (χ1) is 9.54. The number of aromatic carboxylic acids is 1. The predicted molar refractivity (Wildman–Crippen MR) is 71.1 cm³/mol. The Morgan fingerprint density at radius 3 is 2.70 bits per heavy atom. The molecule has 2 rings (SSSR count). The number of hydrogen-bond acceptors (Lipinski definition) is 4. The standard InChI is InChI=1S/C13H20N4O3/c1-9-2-4-10(5-3-9)6-14-12(18)8-17-7-11(13(19)20)15-16-17/h7,9-10H,2-6,8H2,1H3,(H,14,18)(H,19,20). The van der Waals surface area contributed by atoms with Gasteiger partial charge >= 0.3 is 5.97 Å². The van der Waals surface area contributed by atoms with Crippen LogP contribution in [-0.2, 0) is 11.3 Å². The van der Waals surface area contributed by atoms with Gasteiger partial charge in [0.2, 0.25) is 5.91 Å². The molecule has 7 heteroatoms. The van der Waals surface area contributed by atoms with Crippen molar-refractivity contribution in [1.82, 2.24) is 20.3 Å². The highest BCUT2D eigenvalue weighted by Crippen LogP contribution is 2.27. The minimum atomic E-state index is -1.15. The normalized spacial score (nSPS) is 22.4. The maximum atomic E-state index is 11.8. The second-order valence-electron chi connectivity index (χ2n) is 5.54. The maximum Gasteiger partial charge on any atom is 0.358 e. The van der Waals surface area contributed by atoms with Crippen LogP contribution in [0.5, 0.6) is 0 Å². The highest BCUT2D eigenvalue weighted by molar-refractivity contribution is 5.84. The first-order valence-corrected chi connectivity index (χ1v) is 6.94. The summed E-state index contributed by atoms with van der Waals surface area (Å²) in [6.07, 6.45) is 6.03. The molecular weight excluding hydrogens is 260 g/mol. The lowest BCUT2D eigenvalue weighted by Crippen LogP contribution is -2.33. The van der Waals surface area contributed by atoms with Crippen molar-refractivity contribution in [2.75, 3.05) is 6.54 Å². The third-order valence-corrected chi connectivity index (χ3v) is 3.79. The lowest BCUT2D eigenvalue weighted by Gasteiger charge is -2.26. The van der Waals surface area contributed by atoms with E-state index in [4.69, 9.17) is 5.11 Å². The van der Waals surface area contributed by atoms with Crippen LogP contribution in [0.2, 0.25) is 0 Å². The molecule has 0 aromatic carbocycles. The molecule has 0 saturated heterocycles. The van der Waals surface area contributed by atoms with Crippen molar-refractivity contribution in [3.8, 4) is 0 Å². The average molecular weight is 280 g/mol. The molecule has 0 radical (unpaired) electrons. The SMILES string of the molecule is CC1CCC(CNC(=O)Cn2cc(C(=O)O)nn2)CC1. The summed E-state index contributed by atoms with van der Waals surface area (Å²) >= 11 is 0. The van der Waals surface area contributed by atoms with Gasteiger partial charge < -0.3 is 10.4 Å². The Morgan fingerprint density at radius 1 is 1.40 bits per heavy atom. The summed E-state index contributed by atoms with van der Waals surface area (Å²) in [6.45, 7) is 2.95. The molecule has 0 atom stereocenters. The molecule has 7 nitrogen and oxygen atoms in total. The van der Waals surface area contributed by atoms with Gasteiger partial charge in [0, 0.05) is 6.54 Å². The van der Waals surface area contributed by atoms with Crippen molar-refractivity contribution in [2.45, 2.75) is 39.2 Å². The first kappa shape index (κ1) is 14.5. The van der Waals surface area contributed by atoms with Crippen molar-refractivity contribution < 1.29 is 14.7 Å². The van der Waals surface area contributed by atoms with Gasteiger partial charge in [-0.3, -0.25) is 4.79 Å². The van der Waals surface area contributed by atoms with Crippen LogP contribution in [0.15, 0.2) is 6.20 Å². The van der Waals surface area contributed by atoms with Gasteiger partial charge in [0.1, 0.15) is 6.54 Å². The van der Waals surface area contributed by atoms with Crippen LogP contribution in [0.4, 0.5) is 0 Å². The van der Waals surface area contributed by atoms with Crippen molar-refractivity contribution in [3.63, 3.8) is 0 Å². The molecule has 20 heavy (non-hydrogen) atoms. The molecule has 0 aliphatic heterocycles. The smallest absolute Gasteiger partial charge is 0.358 e. The second kappa shape index (κ2) is 6.49. The Hall–Kier alpha value is -1.92. The largest absolute Gasteiger partial charge is 0.476 e. The van der Waals surface area contributed by atoms with Gasteiger partial charge in [0.15, 0.2) is 5.69 Å². The molecule has 1 fully saturated rings. The van der Waals surface area contributed by atoms with E-state index in [-0.39, 0.29) is 18.1 Å². The zero-order valence-electron chi connectivity index (χ0n) is 11.6. The molecule has 110 valence electrons. The summed E-state index contributed by atoms with van der Waals surface area (Å²) < 4.78 is 1.24. The quantitative estimate of drug-likeness (QED) is 0.836. The van der Waals surface area contributed by atoms with Crippen molar-refractivity contribution in [1.29, 1.82) is 0 Å². The van der Waals surface area contributed by atoms with Crippen LogP contribution < -0.4 is 5.32 Å². The Morgan fingerprint density at radius 2 is 2.10 bits per heavy atom. The van der Waals surface area contributed by atoms with Gasteiger partial charge in [-0.1, -0.05) is 25.0 Å². The van der Waals surface area contributed by atoms with Gasteiger partial charge in [-0.05, 0) is 24.7 Å². The summed E-state index contributed by atoms with van der Waals surface area (Å²) in [7, 11) is 0. The minimum absolute atomic E-state index is 0.00338. The summed E-state index contributed by atoms with van der Waals surface area (Å²) in [5.74, 6) is 0.0467. The van der Waals surface area contributed by atoms with E-state index in [1.807, 2.05) is 0 Å². The third-order valence-electron chi connectivity index (χ3n) is 3.79. The fourth-order valence-corrected chi connectivity index (χ4v) is 2.47. The molecule has 1 amide bonds.